The van der Waals surface area contributed by atoms with Gasteiger partial charge in [-0.3, -0.25) is 0 Å². The molecule has 0 aromatic carbocycles. The van der Waals surface area contributed by atoms with Crippen molar-refractivity contribution in [2.75, 3.05) is 13.1 Å². The van der Waals surface area contributed by atoms with Crippen LogP contribution in [0.15, 0.2) is 24.5 Å². The molecule has 1 heterocycles. The first-order valence-corrected chi connectivity index (χ1v) is 4.69. The van der Waals surface area contributed by atoms with Crippen LogP contribution >= 0.6 is 0 Å². The Morgan fingerprint density at radius 1 is 1.27 bits per heavy atom. The molecule has 0 saturated carbocycles. The number of halogens is 3. The van der Waals surface area contributed by atoms with Crippen LogP contribution < -0.4 is 9.88 Å². The second-order valence-corrected chi connectivity index (χ2v) is 3.41. The van der Waals surface area contributed by atoms with Crippen LogP contribution in [0.1, 0.15) is 5.56 Å². The third kappa shape index (κ3) is 5.37. The normalized spacial score (nSPS) is 11.7. The first-order valence-electron chi connectivity index (χ1n) is 4.69. The molecule has 1 rings (SSSR count). The fourth-order valence-electron chi connectivity index (χ4n) is 1.16. The third-order valence-electron chi connectivity index (χ3n) is 1.96. The highest BCUT2D eigenvalue weighted by Crippen LogP contribution is 2.11. The van der Waals surface area contributed by atoms with Gasteiger partial charge in [-0.2, -0.15) is 13.2 Å². The molecular formula is C10H14F3N2+. The van der Waals surface area contributed by atoms with E-state index < -0.39 is 12.7 Å². The number of aromatic nitrogens is 1. The Kier molecular flexibility index (Phi) is 4.08. The van der Waals surface area contributed by atoms with E-state index in [0.29, 0.717) is 13.0 Å². The molecule has 0 radical (unpaired) electrons. The minimum absolute atomic E-state index is 0.341. The zero-order valence-corrected chi connectivity index (χ0v) is 8.51. The van der Waals surface area contributed by atoms with Gasteiger partial charge in [0.2, 0.25) is 0 Å². The first-order chi connectivity index (χ1) is 6.97. The molecule has 0 aliphatic rings. The van der Waals surface area contributed by atoms with Gasteiger partial charge in [0.25, 0.3) is 0 Å². The second-order valence-electron chi connectivity index (χ2n) is 3.41. The number of hydrogen-bond acceptors (Lipinski definition) is 1. The van der Waals surface area contributed by atoms with E-state index in [1.54, 1.807) is 0 Å². The van der Waals surface area contributed by atoms with Crippen LogP contribution in [0.2, 0.25) is 0 Å². The first kappa shape index (κ1) is 12.0. The van der Waals surface area contributed by atoms with Crippen molar-refractivity contribution in [3.8, 4) is 0 Å². The van der Waals surface area contributed by atoms with Gasteiger partial charge >= 0.3 is 6.18 Å². The Balaban J connectivity index is 2.23. The van der Waals surface area contributed by atoms with Gasteiger partial charge in [0.05, 0.1) is 6.54 Å². The highest BCUT2D eigenvalue weighted by Gasteiger charge is 2.25. The van der Waals surface area contributed by atoms with Crippen LogP contribution in [-0.4, -0.2) is 19.3 Å². The molecule has 1 aromatic rings. The Bertz CT molecular complexity index is 293. The summed E-state index contributed by atoms with van der Waals surface area (Å²) in [5.41, 5.74) is 1.03. The van der Waals surface area contributed by atoms with Crippen LogP contribution in [-0.2, 0) is 13.5 Å². The van der Waals surface area contributed by atoms with E-state index in [2.05, 4.69) is 5.32 Å². The molecule has 0 unspecified atom stereocenters. The number of rotatable bonds is 4. The lowest BCUT2D eigenvalue weighted by Crippen LogP contribution is -2.30. The Morgan fingerprint density at radius 3 is 2.40 bits per heavy atom. The largest absolute Gasteiger partial charge is 0.401 e. The lowest BCUT2D eigenvalue weighted by atomic mass is 10.2. The van der Waals surface area contributed by atoms with Gasteiger partial charge in [0, 0.05) is 12.1 Å². The molecule has 0 amide bonds. The predicted molar refractivity (Wildman–Crippen MR) is 50.2 cm³/mol. The molecule has 0 fully saturated rings. The van der Waals surface area contributed by atoms with Crippen LogP contribution in [0.5, 0.6) is 0 Å². The molecule has 0 saturated heterocycles. The zero-order chi connectivity index (χ0) is 11.3. The van der Waals surface area contributed by atoms with E-state index in [9.17, 15) is 13.2 Å². The van der Waals surface area contributed by atoms with Gasteiger partial charge in [0.1, 0.15) is 7.05 Å². The fraction of sp³-hybridized carbons (Fsp3) is 0.500. The smallest absolute Gasteiger partial charge is 0.308 e. The summed E-state index contributed by atoms with van der Waals surface area (Å²) in [5, 5.41) is 2.36. The molecular weight excluding hydrogens is 205 g/mol. The van der Waals surface area contributed by atoms with Crippen molar-refractivity contribution in [3.05, 3.63) is 30.1 Å². The topological polar surface area (TPSA) is 15.9 Å². The molecule has 1 aromatic heterocycles. The van der Waals surface area contributed by atoms with Gasteiger partial charge in [-0.1, -0.05) is 0 Å². The minimum atomic E-state index is -4.12. The average molecular weight is 219 g/mol. The monoisotopic (exact) mass is 219 g/mol. The van der Waals surface area contributed by atoms with Crippen molar-refractivity contribution in [1.29, 1.82) is 0 Å². The van der Waals surface area contributed by atoms with Gasteiger partial charge in [-0.25, -0.2) is 4.57 Å². The Hall–Kier alpha value is -1.10. The van der Waals surface area contributed by atoms with Crippen LogP contribution in [0.25, 0.3) is 0 Å². The zero-order valence-electron chi connectivity index (χ0n) is 8.51. The van der Waals surface area contributed by atoms with Gasteiger partial charge in [-0.15, -0.1) is 0 Å². The highest BCUT2D eigenvalue weighted by molar-refractivity contribution is 5.07. The standard InChI is InChI=1S/C10H14F3N2/c1-15-6-3-9(4-7-15)2-5-14-8-10(11,12)13/h3-4,6-7,14H,2,5,8H2,1H3/q+1. The maximum atomic E-state index is 11.8. The van der Waals surface area contributed by atoms with Crippen molar-refractivity contribution >= 4 is 0 Å². The van der Waals surface area contributed by atoms with Crippen molar-refractivity contribution in [2.24, 2.45) is 7.05 Å². The maximum absolute atomic E-state index is 11.8. The Morgan fingerprint density at radius 2 is 1.87 bits per heavy atom. The molecule has 2 nitrogen and oxygen atoms in total. The van der Waals surface area contributed by atoms with E-state index >= 15 is 0 Å². The van der Waals surface area contributed by atoms with E-state index in [0.717, 1.165) is 5.56 Å². The fourth-order valence-corrected chi connectivity index (χ4v) is 1.16. The summed E-state index contributed by atoms with van der Waals surface area (Å²) in [6.45, 7) is -0.582. The van der Waals surface area contributed by atoms with Gasteiger partial charge in [0.15, 0.2) is 12.4 Å². The molecule has 0 aliphatic carbocycles. The average Bonchev–Trinajstić information content (AvgIpc) is 2.14. The van der Waals surface area contributed by atoms with E-state index in [1.807, 2.05) is 36.1 Å². The summed E-state index contributed by atoms with van der Waals surface area (Å²) in [6, 6.07) is 3.80. The third-order valence-corrected chi connectivity index (χ3v) is 1.96. The number of alkyl halides is 3. The summed E-state index contributed by atoms with van der Waals surface area (Å²) < 4.78 is 37.2. The molecule has 0 aliphatic heterocycles. The molecule has 0 atom stereocenters. The molecule has 15 heavy (non-hydrogen) atoms. The van der Waals surface area contributed by atoms with Crippen molar-refractivity contribution in [1.82, 2.24) is 5.32 Å². The highest BCUT2D eigenvalue weighted by atomic mass is 19.4. The molecule has 5 heteroatoms. The Labute approximate surface area is 86.7 Å². The lowest BCUT2D eigenvalue weighted by molar-refractivity contribution is -0.671. The number of hydrogen-bond donors (Lipinski definition) is 1. The lowest BCUT2D eigenvalue weighted by Gasteiger charge is -2.07. The van der Waals surface area contributed by atoms with Crippen molar-refractivity contribution < 1.29 is 17.7 Å². The van der Waals surface area contributed by atoms with Gasteiger partial charge in [-0.05, 0) is 18.5 Å². The van der Waals surface area contributed by atoms with E-state index in [-0.39, 0.29) is 0 Å². The second kappa shape index (κ2) is 5.11. The van der Waals surface area contributed by atoms with Crippen LogP contribution in [0.3, 0.4) is 0 Å². The summed E-state index contributed by atoms with van der Waals surface area (Å²) in [4.78, 5) is 0. The van der Waals surface area contributed by atoms with E-state index in [4.69, 9.17) is 0 Å². The van der Waals surface area contributed by atoms with Gasteiger partial charge < -0.3 is 5.32 Å². The number of nitrogens with one attached hydrogen (secondary N) is 1. The molecule has 0 bridgehead atoms. The SMILES string of the molecule is C[n+]1ccc(CCNCC(F)(F)F)cc1. The summed E-state index contributed by atoms with van der Waals surface area (Å²) in [7, 11) is 1.89. The molecule has 0 spiro atoms. The number of pyridine rings is 1. The minimum Gasteiger partial charge on any atom is -0.308 e. The van der Waals surface area contributed by atoms with Crippen LogP contribution in [0, 0.1) is 0 Å². The van der Waals surface area contributed by atoms with Crippen LogP contribution in [0.4, 0.5) is 13.2 Å². The maximum Gasteiger partial charge on any atom is 0.401 e. The summed E-state index contributed by atoms with van der Waals surface area (Å²) in [6.07, 6.45) is 0.234. The van der Waals surface area contributed by atoms with E-state index in [1.165, 1.54) is 0 Å². The quantitative estimate of drug-likeness (QED) is 0.594. The number of aryl methyl sites for hydroxylation is 1. The van der Waals surface area contributed by atoms with Crippen molar-refractivity contribution in [3.63, 3.8) is 0 Å². The summed E-state index contributed by atoms with van der Waals surface area (Å²) in [5.74, 6) is 0. The molecule has 84 valence electrons. The van der Waals surface area contributed by atoms with Crippen molar-refractivity contribution in [2.45, 2.75) is 12.6 Å². The predicted octanol–water partition coefficient (Wildman–Crippen LogP) is 1.21. The number of nitrogens with zero attached hydrogens (tertiary/aromatic N) is 1. The summed E-state index contributed by atoms with van der Waals surface area (Å²) >= 11 is 0. The molecule has 1 N–H and O–H groups in total.